The Morgan fingerprint density at radius 1 is 1.57 bits per heavy atom. The normalized spacial score (nSPS) is 11.0. The van der Waals surface area contributed by atoms with Gasteiger partial charge in [-0.2, -0.15) is 0 Å². The van der Waals surface area contributed by atoms with E-state index in [0.29, 0.717) is 12.6 Å². The zero-order valence-corrected chi connectivity index (χ0v) is 9.49. The number of anilines is 1. The van der Waals surface area contributed by atoms with Crippen LogP contribution in [0.4, 0.5) is 5.95 Å². The molecule has 0 fully saturated rings. The van der Waals surface area contributed by atoms with Gasteiger partial charge in [-0.15, -0.1) is 0 Å². The van der Waals surface area contributed by atoms with E-state index in [2.05, 4.69) is 34.5 Å². The molecule has 14 heavy (non-hydrogen) atoms. The molecule has 0 radical (unpaired) electrons. The van der Waals surface area contributed by atoms with Crippen molar-refractivity contribution in [2.24, 2.45) is 5.73 Å². The summed E-state index contributed by atoms with van der Waals surface area (Å²) >= 11 is 0. The van der Waals surface area contributed by atoms with Gasteiger partial charge in [-0.3, -0.25) is 0 Å². The van der Waals surface area contributed by atoms with Crippen LogP contribution < -0.4 is 10.6 Å². The molecule has 0 aliphatic heterocycles. The Morgan fingerprint density at radius 3 is 2.71 bits per heavy atom. The van der Waals surface area contributed by atoms with Crippen molar-refractivity contribution < 1.29 is 0 Å². The summed E-state index contributed by atoms with van der Waals surface area (Å²) in [6, 6.07) is 0.437. The smallest absolute Gasteiger partial charge is 0.205 e. The average Bonchev–Trinajstić information content (AvgIpc) is 2.48. The van der Waals surface area contributed by atoms with Gasteiger partial charge in [-0.25, -0.2) is 4.98 Å². The molecule has 1 aromatic rings. The molecule has 80 valence electrons. The fourth-order valence-electron chi connectivity index (χ4n) is 1.46. The number of hydrogen-bond donors (Lipinski definition) is 1. The lowest BCUT2D eigenvalue weighted by atomic mass is 10.4. The van der Waals surface area contributed by atoms with Crippen molar-refractivity contribution in [3.05, 3.63) is 11.9 Å². The van der Waals surface area contributed by atoms with Crippen LogP contribution >= 0.6 is 0 Å². The molecule has 0 saturated carbocycles. The fraction of sp³-hybridized carbons (Fsp3) is 0.700. The Kier molecular flexibility index (Phi) is 3.52. The molecule has 0 aromatic carbocycles. The Labute approximate surface area is 85.7 Å². The van der Waals surface area contributed by atoms with Gasteiger partial charge in [-0.1, -0.05) is 0 Å². The number of aryl methyl sites for hydroxylation is 1. The molecule has 2 N–H and O–H groups in total. The molecule has 0 bridgehead atoms. The summed E-state index contributed by atoms with van der Waals surface area (Å²) in [6.45, 7) is 7.81. The molecule has 1 aromatic heterocycles. The van der Waals surface area contributed by atoms with Crippen LogP contribution in [0, 0.1) is 6.92 Å². The second kappa shape index (κ2) is 4.46. The molecule has 4 nitrogen and oxygen atoms in total. The summed E-state index contributed by atoms with van der Waals surface area (Å²) in [5.41, 5.74) is 6.57. The molecule has 0 aliphatic carbocycles. The Bertz CT molecular complexity index is 290. The van der Waals surface area contributed by atoms with E-state index in [0.717, 1.165) is 18.2 Å². The predicted molar refractivity (Wildman–Crippen MR) is 59.7 cm³/mol. The van der Waals surface area contributed by atoms with Crippen molar-refractivity contribution in [1.29, 1.82) is 0 Å². The highest BCUT2D eigenvalue weighted by atomic mass is 15.3. The summed E-state index contributed by atoms with van der Waals surface area (Å²) in [5, 5.41) is 0. The molecular formula is C10H20N4. The van der Waals surface area contributed by atoms with Crippen LogP contribution in [0.1, 0.15) is 25.6 Å². The molecule has 0 unspecified atom stereocenters. The average molecular weight is 196 g/mol. The molecule has 1 rings (SSSR count). The van der Waals surface area contributed by atoms with Crippen LogP contribution in [0.2, 0.25) is 0 Å². The fourth-order valence-corrected chi connectivity index (χ4v) is 1.46. The van der Waals surface area contributed by atoms with Crippen molar-refractivity contribution in [2.75, 3.05) is 25.0 Å². The quantitative estimate of drug-likeness (QED) is 0.786. The van der Waals surface area contributed by atoms with Gasteiger partial charge < -0.3 is 15.2 Å². The van der Waals surface area contributed by atoms with E-state index in [1.807, 2.05) is 14.0 Å². The first kappa shape index (κ1) is 11.0. The van der Waals surface area contributed by atoms with Crippen molar-refractivity contribution in [3.8, 4) is 0 Å². The van der Waals surface area contributed by atoms with Crippen LogP contribution in [0.25, 0.3) is 0 Å². The molecule has 0 saturated heterocycles. The predicted octanol–water partition coefficient (Wildman–Crippen LogP) is 1.17. The van der Waals surface area contributed by atoms with Gasteiger partial charge in [0.15, 0.2) is 0 Å². The number of aromatic nitrogens is 2. The minimum atomic E-state index is 0.437. The van der Waals surface area contributed by atoms with Crippen molar-refractivity contribution in [3.63, 3.8) is 0 Å². The second-order valence-electron chi connectivity index (χ2n) is 3.89. The van der Waals surface area contributed by atoms with E-state index in [1.54, 1.807) is 0 Å². The summed E-state index contributed by atoms with van der Waals surface area (Å²) in [5.74, 6) is 1.00. The first-order valence-corrected chi connectivity index (χ1v) is 5.03. The minimum Gasteiger partial charge on any atom is -0.344 e. The Balaban J connectivity index is 2.94. The van der Waals surface area contributed by atoms with Crippen LogP contribution in [0.15, 0.2) is 6.20 Å². The summed E-state index contributed by atoms with van der Waals surface area (Å²) in [7, 11) is 2.02. The van der Waals surface area contributed by atoms with E-state index in [4.69, 9.17) is 5.73 Å². The van der Waals surface area contributed by atoms with E-state index in [9.17, 15) is 0 Å². The van der Waals surface area contributed by atoms with E-state index < -0.39 is 0 Å². The summed E-state index contributed by atoms with van der Waals surface area (Å²) < 4.78 is 2.17. The minimum absolute atomic E-state index is 0.437. The second-order valence-corrected chi connectivity index (χ2v) is 3.89. The lowest BCUT2D eigenvalue weighted by Crippen LogP contribution is -2.28. The molecule has 1 heterocycles. The number of nitrogens with zero attached hydrogens (tertiary/aromatic N) is 3. The van der Waals surface area contributed by atoms with E-state index >= 15 is 0 Å². The van der Waals surface area contributed by atoms with Gasteiger partial charge in [0.2, 0.25) is 5.95 Å². The number of imidazole rings is 1. The third-order valence-electron chi connectivity index (χ3n) is 2.20. The van der Waals surface area contributed by atoms with Crippen molar-refractivity contribution >= 4 is 5.95 Å². The van der Waals surface area contributed by atoms with Crippen LogP contribution in [0.3, 0.4) is 0 Å². The van der Waals surface area contributed by atoms with E-state index in [-0.39, 0.29) is 0 Å². The highest BCUT2D eigenvalue weighted by Crippen LogP contribution is 2.17. The number of rotatable bonds is 4. The van der Waals surface area contributed by atoms with Gasteiger partial charge in [0.05, 0.1) is 5.69 Å². The molecule has 0 aliphatic rings. The van der Waals surface area contributed by atoms with Crippen LogP contribution in [-0.2, 0) is 0 Å². The maximum atomic E-state index is 5.52. The van der Waals surface area contributed by atoms with Gasteiger partial charge >= 0.3 is 0 Å². The molecule has 0 atom stereocenters. The zero-order chi connectivity index (χ0) is 10.7. The van der Waals surface area contributed by atoms with Crippen molar-refractivity contribution in [2.45, 2.75) is 26.8 Å². The summed E-state index contributed by atoms with van der Waals surface area (Å²) in [4.78, 5) is 6.57. The Morgan fingerprint density at radius 2 is 2.21 bits per heavy atom. The van der Waals surface area contributed by atoms with E-state index in [1.165, 1.54) is 0 Å². The molecule has 0 amide bonds. The highest BCUT2D eigenvalue weighted by molar-refractivity contribution is 5.32. The number of likely N-dealkylation sites (N-methyl/N-ethyl adjacent to an activating group) is 1. The maximum absolute atomic E-state index is 5.52. The van der Waals surface area contributed by atoms with Gasteiger partial charge in [0.1, 0.15) is 0 Å². The lowest BCUT2D eigenvalue weighted by molar-refractivity contribution is 0.592. The first-order chi connectivity index (χ1) is 6.56. The van der Waals surface area contributed by atoms with Gasteiger partial charge in [-0.05, 0) is 20.8 Å². The van der Waals surface area contributed by atoms with Crippen LogP contribution in [0.5, 0.6) is 0 Å². The zero-order valence-electron chi connectivity index (χ0n) is 9.49. The SMILES string of the molecule is Cc1cn(C(C)C)c(N(C)CCN)n1. The third kappa shape index (κ3) is 2.26. The van der Waals surface area contributed by atoms with Crippen molar-refractivity contribution in [1.82, 2.24) is 9.55 Å². The monoisotopic (exact) mass is 196 g/mol. The van der Waals surface area contributed by atoms with Crippen LogP contribution in [-0.4, -0.2) is 29.7 Å². The lowest BCUT2D eigenvalue weighted by Gasteiger charge is -2.20. The standard InChI is InChI=1S/C10H20N4/c1-8(2)14-7-9(3)12-10(14)13(4)6-5-11/h7-8H,5-6,11H2,1-4H3. The number of nitrogens with two attached hydrogens (primary N) is 1. The first-order valence-electron chi connectivity index (χ1n) is 5.03. The largest absolute Gasteiger partial charge is 0.344 e. The topological polar surface area (TPSA) is 47.1 Å². The maximum Gasteiger partial charge on any atom is 0.205 e. The van der Waals surface area contributed by atoms with Gasteiger partial charge in [0.25, 0.3) is 0 Å². The number of hydrogen-bond acceptors (Lipinski definition) is 3. The Hall–Kier alpha value is -1.03. The molecule has 0 spiro atoms. The van der Waals surface area contributed by atoms with Gasteiger partial charge in [0, 0.05) is 32.4 Å². The molecule has 4 heteroatoms. The third-order valence-corrected chi connectivity index (χ3v) is 2.20. The molecular weight excluding hydrogens is 176 g/mol. The summed E-state index contributed by atoms with van der Waals surface area (Å²) in [6.07, 6.45) is 2.08. The highest BCUT2D eigenvalue weighted by Gasteiger charge is 2.11.